The topological polar surface area (TPSA) is 38.3 Å². The first-order valence-corrected chi connectivity index (χ1v) is 7.69. The van der Waals surface area contributed by atoms with Gasteiger partial charge in [-0.15, -0.1) is 0 Å². The van der Waals surface area contributed by atoms with Gasteiger partial charge < -0.3 is 10.1 Å². The first kappa shape index (κ1) is 14.9. The highest BCUT2D eigenvalue weighted by atomic mass is 35.5. The van der Waals surface area contributed by atoms with E-state index in [1.54, 1.807) is 31.4 Å². The van der Waals surface area contributed by atoms with Crippen LogP contribution >= 0.6 is 11.6 Å². The quantitative estimate of drug-likeness (QED) is 0.911. The second-order valence-corrected chi connectivity index (χ2v) is 6.14. The van der Waals surface area contributed by atoms with E-state index in [0.29, 0.717) is 17.1 Å². The Morgan fingerprint density at radius 2 is 1.95 bits per heavy atom. The van der Waals surface area contributed by atoms with Crippen LogP contribution in [0.25, 0.3) is 0 Å². The van der Waals surface area contributed by atoms with Gasteiger partial charge in [0, 0.05) is 22.5 Å². The molecule has 0 bridgehead atoms. The molecule has 0 unspecified atom stereocenters. The number of nitrogens with one attached hydrogen (secondary N) is 1. The zero-order valence-electron chi connectivity index (χ0n) is 12.4. The minimum absolute atomic E-state index is 0.0699. The molecule has 3 rings (SSSR count). The molecule has 1 amide bonds. The van der Waals surface area contributed by atoms with Crippen molar-refractivity contribution in [3.63, 3.8) is 0 Å². The standard InChI is InChI=1S/C18H18ClNO2/c1-22-16-7-5-14(6-8-16)18(9-10-18)12-20-17(21)13-3-2-4-15(19)11-13/h2-8,11H,9-10,12H2,1H3,(H,20,21). The number of amides is 1. The summed E-state index contributed by atoms with van der Waals surface area (Å²) < 4.78 is 5.19. The van der Waals surface area contributed by atoms with Crippen molar-refractivity contribution in [1.82, 2.24) is 5.32 Å². The molecule has 1 fully saturated rings. The SMILES string of the molecule is COc1ccc(C2(CNC(=O)c3cccc(Cl)c3)CC2)cc1. The number of ether oxygens (including phenoxy) is 1. The van der Waals surface area contributed by atoms with Gasteiger partial charge in [-0.25, -0.2) is 0 Å². The number of benzene rings is 2. The first-order chi connectivity index (χ1) is 10.6. The van der Waals surface area contributed by atoms with Crippen LogP contribution < -0.4 is 10.1 Å². The predicted octanol–water partition coefficient (Wildman–Crippen LogP) is 3.81. The molecule has 0 aliphatic heterocycles. The summed E-state index contributed by atoms with van der Waals surface area (Å²) in [6, 6.07) is 15.1. The van der Waals surface area contributed by atoms with Crippen molar-refractivity contribution in [1.29, 1.82) is 0 Å². The van der Waals surface area contributed by atoms with Crippen LogP contribution in [-0.4, -0.2) is 19.6 Å². The molecule has 2 aromatic carbocycles. The van der Waals surface area contributed by atoms with Gasteiger partial charge in [0.05, 0.1) is 7.11 Å². The van der Waals surface area contributed by atoms with E-state index in [0.717, 1.165) is 18.6 Å². The minimum Gasteiger partial charge on any atom is -0.497 e. The minimum atomic E-state index is -0.0812. The smallest absolute Gasteiger partial charge is 0.251 e. The summed E-state index contributed by atoms with van der Waals surface area (Å²) in [5, 5.41) is 3.60. The average Bonchev–Trinajstić information content (AvgIpc) is 3.34. The Morgan fingerprint density at radius 1 is 1.23 bits per heavy atom. The summed E-state index contributed by atoms with van der Waals surface area (Å²) >= 11 is 5.92. The average molecular weight is 316 g/mol. The second-order valence-electron chi connectivity index (χ2n) is 5.70. The first-order valence-electron chi connectivity index (χ1n) is 7.31. The summed E-state index contributed by atoms with van der Waals surface area (Å²) in [6.45, 7) is 0.644. The molecule has 3 nitrogen and oxygen atoms in total. The summed E-state index contributed by atoms with van der Waals surface area (Å²) in [7, 11) is 1.66. The fraction of sp³-hybridized carbons (Fsp3) is 0.278. The van der Waals surface area contributed by atoms with E-state index in [2.05, 4.69) is 17.4 Å². The Hall–Kier alpha value is -2.00. The molecule has 0 aromatic heterocycles. The highest BCUT2D eigenvalue weighted by Gasteiger charge is 2.44. The maximum atomic E-state index is 12.2. The summed E-state index contributed by atoms with van der Waals surface area (Å²) in [4.78, 5) is 12.2. The van der Waals surface area contributed by atoms with Crippen LogP contribution in [0.1, 0.15) is 28.8 Å². The van der Waals surface area contributed by atoms with Gasteiger partial charge in [-0.1, -0.05) is 29.8 Å². The van der Waals surface area contributed by atoms with Gasteiger partial charge >= 0.3 is 0 Å². The fourth-order valence-corrected chi connectivity index (χ4v) is 2.83. The number of carbonyl (C=O) groups is 1. The molecule has 22 heavy (non-hydrogen) atoms. The Labute approximate surface area is 135 Å². The van der Waals surface area contributed by atoms with Crippen molar-refractivity contribution < 1.29 is 9.53 Å². The summed E-state index contributed by atoms with van der Waals surface area (Å²) in [5.41, 5.74) is 1.92. The van der Waals surface area contributed by atoms with Crippen LogP contribution in [0.4, 0.5) is 0 Å². The number of halogens is 1. The third-order valence-electron chi connectivity index (χ3n) is 4.23. The molecule has 0 atom stereocenters. The van der Waals surface area contributed by atoms with E-state index in [-0.39, 0.29) is 11.3 Å². The Kier molecular flexibility index (Phi) is 4.08. The Balaban J connectivity index is 1.66. The number of hydrogen-bond donors (Lipinski definition) is 1. The lowest BCUT2D eigenvalue weighted by atomic mass is 9.95. The van der Waals surface area contributed by atoms with Gasteiger partial charge in [0.2, 0.25) is 0 Å². The lowest BCUT2D eigenvalue weighted by molar-refractivity contribution is 0.0949. The molecule has 0 saturated heterocycles. The molecule has 0 spiro atoms. The van der Waals surface area contributed by atoms with Crippen molar-refractivity contribution in [2.75, 3.05) is 13.7 Å². The van der Waals surface area contributed by atoms with Crippen molar-refractivity contribution in [2.24, 2.45) is 0 Å². The number of methoxy groups -OCH3 is 1. The zero-order valence-corrected chi connectivity index (χ0v) is 13.2. The number of rotatable bonds is 5. The Morgan fingerprint density at radius 3 is 2.55 bits per heavy atom. The maximum Gasteiger partial charge on any atom is 0.251 e. The normalized spacial score (nSPS) is 15.2. The van der Waals surface area contributed by atoms with E-state index in [9.17, 15) is 4.79 Å². The van der Waals surface area contributed by atoms with Crippen molar-refractivity contribution in [3.8, 4) is 5.75 Å². The molecular formula is C18H18ClNO2. The molecule has 0 radical (unpaired) electrons. The third kappa shape index (κ3) is 3.09. The second kappa shape index (κ2) is 6.01. The molecule has 1 aliphatic rings. The lowest BCUT2D eigenvalue weighted by Gasteiger charge is -2.17. The molecular weight excluding hydrogens is 298 g/mol. The number of carbonyl (C=O) groups excluding carboxylic acids is 1. The van der Waals surface area contributed by atoms with Crippen LogP contribution in [-0.2, 0) is 5.41 Å². The molecule has 4 heteroatoms. The van der Waals surface area contributed by atoms with Crippen LogP contribution in [0.3, 0.4) is 0 Å². The predicted molar refractivity (Wildman–Crippen MR) is 87.7 cm³/mol. The van der Waals surface area contributed by atoms with E-state index < -0.39 is 0 Å². The van der Waals surface area contributed by atoms with Crippen LogP contribution in [0.5, 0.6) is 5.75 Å². The van der Waals surface area contributed by atoms with Gasteiger partial charge in [-0.2, -0.15) is 0 Å². The largest absolute Gasteiger partial charge is 0.497 e. The highest BCUT2D eigenvalue weighted by molar-refractivity contribution is 6.30. The van der Waals surface area contributed by atoms with Crippen molar-refractivity contribution in [3.05, 3.63) is 64.7 Å². The van der Waals surface area contributed by atoms with E-state index in [1.807, 2.05) is 12.1 Å². The van der Waals surface area contributed by atoms with Gasteiger partial charge in [0.25, 0.3) is 5.91 Å². The highest BCUT2D eigenvalue weighted by Crippen LogP contribution is 2.47. The molecule has 0 heterocycles. The van der Waals surface area contributed by atoms with Crippen molar-refractivity contribution >= 4 is 17.5 Å². The molecule has 1 N–H and O–H groups in total. The van der Waals surface area contributed by atoms with Gasteiger partial charge in [-0.3, -0.25) is 4.79 Å². The van der Waals surface area contributed by atoms with Crippen LogP contribution in [0.2, 0.25) is 5.02 Å². The van der Waals surface area contributed by atoms with E-state index >= 15 is 0 Å². The van der Waals surface area contributed by atoms with Gasteiger partial charge in [0.15, 0.2) is 0 Å². The molecule has 114 valence electrons. The molecule has 1 aliphatic carbocycles. The fourth-order valence-electron chi connectivity index (χ4n) is 2.64. The third-order valence-corrected chi connectivity index (χ3v) is 4.47. The molecule has 1 saturated carbocycles. The van der Waals surface area contributed by atoms with Crippen molar-refractivity contribution in [2.45, 2.75) is 18.3 Å². The summed E-state index contributed by atoms with van der Waals surface area (Å²) in [5.74, 6) is 0.768. The zero-order chi connectivity index (χ0) is 15.6. The van der Waals surface area contributed by atoms with Crippen LogP contribution in [0, 0.1) is 0 Å². The summed E-state index contributed by atoms with van der Waals surface area (Å²) in [6.07, 6.45) is 2.18. The van der Waals surface area contributed by atoms with Gasteiger partial charge in [0.1, 0.15) is 5.75 Å². The monoisotopic (exact) mass is 315 g/mol. The maximum absolute atomic E-state index is 12.2. The number of hydrogen-bond acceptors (Lipinski definition) is 2. The van der Waals surface area contributed by atoms with E-state index in [1.165, 1.54) is 5.56 Å². The van der Waals surface area contributed by atoms with Crippen LogP contribution in [0.15, 0.2) is 48.5 Å². The Bertz CT molecular complexity index is 678. The molecule has 2 aromatic rings. The van der Waals surface area contributed by atoms with E-state index in [4.69, 9.17) is 16.3 Å². The van der Waals surface area contributed by atoms with Gasteiger partial charge in [-0.05, 0) is 48.7 Å². The lowest BCUT2D eigenvalue weighted by Crippen LogP contribution is -2.32.